The number of fused-ring (bicyclic) bond motifs is 2. The summed E-state index contributed by atoms with van der Waals surface area (Å²) >= 11 is 0. The second-order valence-electron chi connectivity index (χ2n) is 9.80. The molecule has 1 N–H and O–H groups in total. The Morgan fingerprint density at radius 2 is 1.65 bits per heavy atom. The molecule has 0 radical (unpaired) electrons. The maximum Gasteiger partial charge on any atom is 0.333 e. The molecule has 3 atom stereocenters. The van der Waals surface area contributed by atoms with Crippen molar-refractivity contribution in [2.45, 2.75) is 65.1 Å². The molecule has 0 spiro atoms. The molecule has 0 amide bonds. The fraction of sp³-hybridized carbons (Fsp3) is 0.464. The lowest BCUT2D eigenvalue weighted by Crippen LogP contribution is -2.57. The SMILES string of the molecule is CC/C=C(\C)C(=O)O[C@@H]1C[C@H]2CC[C@]1(C(O)(c1ccccc1)c1ccccc1)C2(C)C. The summed E-state index contributed by atoms with van der Waals surface area (Å²) in [5.41, 5.74) is 0.284. The lowest BCUT2D eigenvalue weighted by Gasteiger charge is -2.53. The Bertz CT molecular complexity index is 921. The van der Waals surface area contributed by atoms with E-state index in [2.05, 4.69) is 13.8 Å². The third-order valence-electron chi connectivity index (χ3n) is 8.22. The van der Waals surface area contributed by atoms with Crippen molar-refractivity contribution >= 4 is 5.97 Å². The lowest BCUT2D eigenvalue weighted by atomic mass is 9.54. The summed E-state index contributed by atoms with van der Waals surface area (Å²) in [6.07, 6.45) is 5.00. The molecular weight excluding hydrogens is 384 g/mol. The number of hydrogen-bond donors (Lipinski definition) is 1. The fourth-order valence-electron chi connectivity index (χ4n) is 6.58. The molecule has 2 aromatic carbocycles. The molecule has 3 heteroatoms. The van der Waals surface area contributed by atoms with Crippen molar-refractivity contribution in [1.29, 1.82) is 0 Å². The predicted molar refractivity (Wildman–Crippen MR) is 123 cm³/mol. The second kappa shape index (κ2) is 7.94. The van der Waals surface area contributed by atoms with Gasteiger partial charge in [-0.15, -0.1) is 0 Å². The molecule has 3 nitrogen and oxygen atoms in total. The normalized spacial score (nSPS) is 27.3. The van der Waals surface area contributed by atoms with Gasteiger partial charge in [0, 0.05) is 11.0 Å². The molecular formula is C28H34O3. The molecule has 0 heterocycles. The van der Waals surface area contributed by atoms with E-state index in [1.807, 2.05) is 80.6 Å². The summed E-state index contributed by atoms with van der Waals surface area (Å²) < 4.78 is 6.22. The van der Waals surface area contributed by atoms with Crippen LogP contribution in [0, 0.1) is 16.7 Å². The fourth-order valence-corrected chi connectivity index (χ4v) is 6.58. The highest BCUT2D eigenvalue weighted by molar-refractivity contribution is 5.87. The average molecular weight is 419 g/mol. The first-order valence-corrected chi connectivity index (χ1v) is 11.5. The van der Waals surface area contributed by atoms with E-state index < -0.39 is 11.0 Å². The van der Waals surface area contributed by atoms with E-state index in [1.165, 1.54) is 0 Å². The molecule has 2 saturated carbocycles. The minimum atomic E-state index is -1.27. The van der Waals surface area contributed by atoms with Crippen LogP contribution < -0.4 is 0 Å². The van der Waals surface area contributed by atoms with Gasteiger partial charge < -0.3 is 9.84 Å². The zero-order valence-corrected chi connectivity index (χ0v) is 19.1. The van der Waals surface area contributed by atoms with Crippen LogP contribution in [0.2, 0.25) is 0 Å². The molecule has 2 aliphatic carbocycles. The van der Waals surface area contributed by atoms with Crippen LogP contribution in [0.25, 0.3) is 0 Å². The van der Waals surface area contributed by atoms with Crippen molar-refractivity contribution in [3.8, 4) is 0 Å². The Balaban J connectivity index is 1.90. The summed E-state index contributed by atoms with van der Waals surface area (Å²) in [7, 11) is 0. The quantitative estimate of drug-likeness (QED) is 0.461. The number of hydrogen-bond acceptors (Lipinski definition) is 3. The van der Waals surface area contributed by atoms with Crippen LogP contribution >= 0.6 is 0 Å². The Labute approximate surface area is 186 Å². The van der Waals surface area contributed by atoms with Gasteiger partial charge in [-0.05, 0) is 55.1 Å². The minimum absolute atomic E-state index is 0.194. The van der Waals surface area contributed by atoms with Gasteiger partial charge >= 0.3 is 5.97 Å². The van der Waals surface area contributed by atoms with Gasteiger partial charge in [-0.25, -0.2) is 4.79 Å². The van der Waals surface area contributed by atoms with Crippen molar-refractivity contribution in [2.75, 3.05) is 0 Å². The monoisotopic (exact) mass is 418 g/mol. The topological polar surface area (TPSA) is 46.5 Å². The molecule has 31 heavy (non-hydrogen) atoms. The zero-order valence-electron chi connectivity index (χ0n) is 19.1. The van der Waals surface area contributed by atoms with Gasteiger partial charge in [0.05, 0.1) is 0 Å². The second-order valence-corrected chi connectivity index (χ2v) is 9.80. The highest BCUT2D eigenvalue weighted by Gasteiger charge is 2.74. The van der Waals surface area contributed by atoms with Crippen LogP contribution in [0.5, 0.6) is 0 Å². The first-order valence-electron chi connectivity index (χ1n) is 11.5. The number of benzene rings is 2. The summed E-state index contributed by atoms with van der Waals surface area (Å²) in [5.74, 6) is 0.137. The molecule has 2 fully saturated rings. The smallest absolute Gasteiger partial charge is 0.333 e. The third kappa shape index (κ3) is 3.09. The van der Waals surface area contributed by atoms with Gasteiger partial charge in [0.25, 0.3) is 0 Å². The van der Waals surface area contributed by atoms with E-state index in [4.69, 9.17) is 4.74 Å². The van der Waals surface area contributed by atoms with Crippen LogP contribution in [0.3, 0.4) is 0 Å². The van der Waals surface area contributed by atoms with Crippen molar-refractivity contribution in [3.05, 3.63) is 83.4 Å². The highest BCUT2D eigenvalue weighted by atomic mass is 16.5. The molecule has 4 rings (SSSR count). The molecule has 0 aliphatic heterocycles. The number of esters is 1. The van der Waals surface area contributed by atoms with E-state index in [0.29, 0.717) is 11.5 Å². The average Bonchev–Trinajstić information content (AvgIpc) is 3.17. The Kier molecular flexibility index (Phi) is 5.59. The van der Waals surface area contributed by atoms with E-state index >= 15 is 0 Å². The van der Waals surface area contributed by atoms with Crippen molar-refractivity contribution in [1.82, 2.24) is 0 Å². The zero-order chi connectivity index (χ0) is 22.3. The van der Waals surface area contributed by atoms with Gasteiger partial charge in [-0.2, -0.15) is 0 Å². The van der Waals surface area contributed by atoms with Crippen molar-refractivity contribution in [3.63, 3.8) is 0 Å². The van der Waals surface area contributed by atoms with Gasteiger partial charge in [0.2, 0.25) is 0 Å². The molecule has 2 bridgehead atoms. The first-order chi connectivity index (χ1) is 14.8. The van der Waals surface area contributed by atoms with Crippen LogP contribution in [0.4, 0.5) is 0 Å². The van der Waals surface area contributed by atoms with Crippen molar-refractivity contribution in [2.24, 2.45) is 16.7 Å². The van der Waals surface area contributed by atoms with Gasteiger partial charge in [0.15, 0.2) is 0 Å². The Hall–Kier alpha value is -2.39. The summed E-state index contributed by atoms with van der Waals surface area (Å²) in [6, 6.07) is 19.9. The summed E-state index contributed by atoms with van der Waals surface area (Å²) in [4.78, 5) is 12.9. The summed E-state index contributed by atoms with van der Waals surface area (Å²) in [6.45, 7) is 8.34. The number of aliphatic hydroxyl groups is 1. The molecule has 164 valence electrons. The maximum atomic E-state index is 12.9. The number of carbonyl (C=O) groups is 1. The van der Waals surface area contributed by atoms with Crippen LogP contribution in [0.15, 0.2) is 72.3 Å². The highest BCUT2D eigenvalue weighted by Crippen LogP contribution is 2.73. The van der Waals surface area contributed by atoms with Crippen LogP contribution in [-0.2, 0) is 15.1 Å². The molecule has 0 saturated heterocycles. The van der Waals surface area contributed by atoms with Gasteiger partial charge in [0.1, 0.15) is 11.7 Å². The summed E-state index contributed by atoms with van der Waals surface area (Å²) in [5, 5.41) is 12.8. The Morgan fingerprint density at radius 1 is 1.10 bits per heavy atom. The van der Waals surface area contributed by atoms with E-state index in [1.54, 1.807) is 0 Å². The number of ether oxygens (including phenoxy) is 1. The van der Waals surface area contributed by atoms with E-state index in [0.717, 1.165) is 36.8 Å². The molecule has 0 unspecified atom stereocenters. The molecule has 2 aromatic rings. The van der Waals surface area contributed by atoms with Crippen LogP contribution in [-0.4, -0.2) is 17.2 Å². The number of carbonyl (C=O) groups excluding carboxylic acids is 1. The molecule has 2 aliphatic rings. The Morgan fingerprint density at radius 3 is 2.13 bits per heavy atom. The van der Waals surface area contributed by atoms with E-state index in [-0.39, 0.29) is 17.5 Å². The number of rotatable bonds is 6. The van der Waals surface area contributed by atoms with Gasteiger partial charge in [-0.1, -0.05) is 87.5 Å². The first kappa shape index (κ1) is 21.8. The lowest BCUT2D eigenvalue weighted by molar-refractivity contribution is -0.181. The standard InChI is InChI=1S/C28H34O3/c1-5-12-20(2)25(29)31-24-19-23-17-18-27(24,26(23,3)4)28(30,21-13-8-6-9-14-21)22-15-10-7-11-16-22/h6-16,23-24,30H,5,17-19H2,1-4H3/b20-12+/t23-,24-,27-/m1/s1. The molecule has 0 aromatic heterocycles. The maximum absolute atomic E-state index is 12.9. The van der Waals surface area contributed by atoms with Crippen LogP contribution in [0.1, 0.15) is 64.5 Å². The number of allylic oxidation sites excluding steroid dienone is 1. The largest absolute Gasteiger partial charge is 0.458 e. The minimum Gasteiger partial charge on any atom is -0.458 e. The van der Waals surface area contributed by atoms with E-state index in [9.17, 15) is 9.90 Å². The third-order valence-corrected chi connectivity index (χ3v) is 8.22. The predicted octanol–water partition coefficient (Wildman–Crippen LogP) is 6.02. The van der Waals surface area contributed by atoms with Crippen molar-refractivity contribution < 1.29 is 14.6 Å². The van der Waals surface area contributed by atoms with Gasteiger partial charge in [-0.3, -0.25) is 0 Å².